The van der Waals surface area contributed by atoms with Crippen molar-refractivity contribution in [2.24, 2.45) is 5.16 Å². The van der Waals surface area contributed by atoms with Gasteiger partial charge in [-0.1, -0.05) is 0 Å². The molecule has 0 amide bonds. The van der Waals surface area contributed by atoms with Gasteiger partial charge < -0.3 is 9.26 Å². The van der Waals surface area contributed by atoms with Crippen molar-refractivity contribution in [3.63, 3.8) is 0 Å². The molecule has 0 saturated carbocycles. The van der Waals surface area contributed by atoms with Crippen LogP contribution >= 0.6 is 0 Å². The molecule has 0 saturated heterocycles. The van der Waals surface area contributed by atoms with Crippen LogP contribution < -0.4 is 15.5 Å². The summed E-state index contributed by atoms with van der Waals surface area (Å²) in [5, 5.41) is 7.04. The number of ether oxygens (including phenoxy) is 1. The zero-order chi connectivity index (χ0) is 12.2. The zero-order valence-electron chi connectivity index (χ0n) is 9.76. The molecular weight excluding hydrogens is 214 g/mol. The maximum absolute atomic E-state index is 11.1. The van der Waals surface area contributed by atoms with Crippen molar-refractivity contribution < 1.29 is 23.6 Å². The van der Waals surface area contributed by atoms with Crippen LogP contribution in [0.3, 0.4) is 0 Å². The zero-order valence-corrected chi connectivity index (χ0v) is 9.76. The van der Waals surface area contributed by atoms with E-state index in [-0.39, 0.29) is 5.55 Å². The Balaban J connectivity index is 2.56. The Bertz CT molecular complexity index is 413. The van der Waals surface area contributed by atoms with Gasteiger partial charge in [0, 0.05) is 0 Å². The number of carbonyl (C=O) groups is 1. The molecule has 7 nitrogen and oxygen atoms in total. The van der Waals surface area contributed by atoms with Crippen LogP contribution in [0.5, 0.6) is 0 Å². The number of rotatable bonds is 2. The summed E-state index contributed by atoms with van der Waals surface area (Å²) >= 11 is 0. The van der Waals surface area contributed by atoms with Gasteiger partial charge in [0.2, 0.25) is 6.20 Å². The molecule has 1 aromatic rings. The van der Waals surface area contributed by atoms with Crippen LogP contribution in [0.1, 0.15) is 27.7 Å². The lowest BCUT2D eigenvalue weighted by molar-refractivity contribution is -0.764. The van der Waals surface area contributed by atoms with Crippen LogP contribution in [0.25, 0.3) is 0 Å². The Morgan fingerprint density at radius 2 is 2.31 bits per heavy atom. The van der Waals surface area contributed by atoms with Crippen molar-refractivity contribution in [2.75, 3.05) is 0 Å². The summed E-state index contributed by atoms with van der Waals surface area (Å²) in [4.78, 5) is 15.6. The molecule has 0 fully saturated rings. The second kappa shape index (κ2) is 4.82. The van der Waals surface area contributed by atoms with E-state index < -0.39 is 11.8 Å². The van der Waals surface area contributed by atoms with Crippen molar-refractivity contribution in [1.29, 1.82) is 0 Å². The number of hydrogen-bond donors (Lipinski definition) is 0. The average Bonchev–Trinajstić information content (AvgIpc) is 2.59. The molecule has 0 radical (unpaired) electrons. The Morgan fingerprint density at radius 3 is 2.81 bits per heavy atom. The fraction of sp³-hybridized carbons (Fsp3) is 0.667. The Kier molecular flexibility index (Phi) is 3.70. The number of aryl methyl sites for hydroxylation is 1. The smallest absolute Gasteiger partial charge is 0.485 e. The van der Waals surface area contributed by atoms with E-state index in [0.29, 0.717) is 6.54 Å². The molecule has 0 aliphatic carbocycles. The number of nitrogens with zero attached hydrogens (tertiary/aromatic N) is 3. The third-order valence-corrected chi connectivity index (χ3v) is 1.42. The SMILES string of the molecule is CC[n+]1c/c(=N/OC(=O)OC(C)(C)C)o[n-]1. The molecule has 1 heterocycles. The lowest BCUT2D eigenvalue weighted by Gasteiger charge is -2.16. The Morgan fingerprint density at radius 1 is 1.62 bits per heavy atom. The van der Waals surface area contributed by atoms with E-state index in [1.54, 1.807) is 20.8 Å². The largest absolute Gasteiger partial charge is 0.535 e. The second-order valence-corrected chi connectivity index (χ2v) is 4.04. The van der Waals surface area contributed by atoms with Gasteiger partial charge in [0.05, 0.1) is 0 Å². The van der Waals surface area contributed by atoms with E-state index in [1.807, 2.05) is 6.92 Å². The Hall–Kier alpha value is -1.79. The predicted molar refractivity (Wildman–Crippen MR) is 50.8 cm³/mol. The van der Waals surface area contributed by atoms with E-state index in [4.69, 9.17) is 9.26 Å². The maximum Gasteiger partial charge on any atom is 0.535 e. The highest BCUT2D eigenvalue weighted by molar-refractivity contribution is 5.60. The van der Waals surface area contributed by atoms with Crippen LogP contribution in [0, 0.1) is 0 Å². The topological polar surface area (TPSA) is 79.0 Å². The number of hydrogen-bond acceptors (Lipinski definition) is 5. The second-order valence-electron chi connectivity index (χ2n) is 4.04. The molecule has 0 bridgehead atoms. The van der Waals surface area contributed by atoms with Gasteiger partial charge in [-0.15, -0.1) is 0 Å². The van der Waals surface area contributed by atoms with Gasteiger partial charge in [0.15, 0.2) is 0 Å². The lowest BCUT2D eigenvalue weighted by atomic mass is 10.2. The van der Waals surface area contributed by atoms with E-state index in [9.17, 15) is 4.79 Å². The van der Waals surface area contributed by atoms with Crippen molar-refractivity contribution in [2.45, 2.75) is 39.8 Å². The van der Waals surface area contributed by atoms with Gasteiger partial charge in [-0.3, -0.25) is 10.1 Å². The van der Waals surface area contributed by atoms with E-state index >= 15 is 0 Å². The standard InChI is InChI=1S/C9H15N3O4/c1-5-12-6-7(15-11-12)10-16-8(13)14-9(2,3)4/h6H,5H2,1-4H3/b10-7-. The van der Waals surface area contributed by atoms with Crippen LogP contribution in [-0.2, 0) is 16.1 Å². The molecule has 1 rings (SSSR count). The number of aromatic nitrogens is 2. The molecule has 0 aromatic carbocycles. The molecule has 0 unspecified atom stereocenters. The first kappa shape index (κ1) is 12.3. The van der Waals surface area contributed by atoms with Crippen molar-refractivity contribution in [1.82, 2.24) is 5.27 Å². The van der Waals surface area contributed by atoms with Crippen LogP contribution in [0.2, 0.25) is 0 Å². The first-order chi connectivity index (χ1) is 7.40. The summed E-state index contributed by atoms with van der Waals surface area (Å²) in [6.45, 7) is 7.72. The van der Waals surface area contributed by atoms with Gasteiger partial charge >= 0.3 is 11.7 Å². The summed E-state index contributed by atoms with van der Waals surface area (Å²) in [6, 6.07) is 0. The maximum atomic E-state index is 11.1. The molecule has 7 heteroatoms. The highest BCUT2D eigenvalue weighted by Gasteiger charge is 2.17. The number of carbonyl (C=O) groups excluding carboxylic acids is 1. The first-order valence-electron chi connectivity index (χ1n) is 4.88. The van der Waals surface area contributed by atoms with Crippen molar-refractivity contribution in [3.05, 3.63) is 11.8 Å². The van der Waals surface area contributed by atoms with Gasteiger partial charge in [0.1, 0.15) is 12.1 Å². The molecule has 0 aliphatic rings. The highest BCUT2D eigenvalue weighted by atomic mass is 16.8. The molecule has 0 N–H and O–H groups in total. The van der Waals surface area contributed by atoms with Crippen molar-refractivity contribution in [3.8, 4) is 0 Å². The fourth-order valence-corrected chi connectivity index (χ4v) is 0.809. The van der Waals surface area contributed by atoms with Crippen LogP contribution in [0.4, 0.5) is 4.79 Å². The summed E-state index contributed by atoms with van der Waals surface area (Å²) in [7, 11) is 0. The Labute approximate surface area is 92.6 Å². The summed E-state index contributed by atoms with van der Waals surface area (Å²) in [5.74, 6) is 0. The lowest BCUT2D eigenvalue weighted by Crippen LogP contribution is -2.35. The van der Waals surface area contributed by atoms with Gasteiger partial charge in [0.25, 0.3) is 0 Å². The van der Waals surface area contributed by atoms with E-state index in [2.05, 4.69) is 15.3 Å². The third-order valence-electron chi connectivity index (χ3n) is 1.42. The molecule has 1 aromatic heterocycles. The van der Waals surface area contributed by atoms with E-state index in [1.165, 1.54) is 10.9 Å². The summed E-state index contributed by atoms with van der Waals surface area (Å²) in [5.41, 5.74) is -0.509. The third kappa shape index (κ3) is 4.16. The molecular formula is C9H15N3O4. The minimum atomic E-state index is -0.882. The molecule has 0 atom stereocenters. The van der Waals surface area contributed by atoms with Crippen LogP contribution in [0.15, 0.2) is 15.9 Å². The minimum Gasteiger partial charge on any atom is -0.485 e. The van der Waals surface area contributed by atoms with Crippen LogP contribution in [-0.4, -0.2) is 11.8 Å². The summed E-state index contributed by atoms with van der Waals surface area (Å²) in [6.07, 6.45) is 0.622. The first-order valence-corrected chi connectivity index (χ1v) is 4.88. The monoisotopic (exact) mass is 229 g/mol. The molecule has 16 heavy (non-hydrogen) atoms. The summed E-state index contributed by atoms with van der Waals surface area (Å²) < 4.78 is 11.1. The quantitative estimate of drug-likeness (QED) is 0.315. The highest BCUT2D eigenvalue weighted by Crippen LogP contribution is 2.07. The van der Waals surface area contributed by atoms with Gasteiger partial charge in [-0.2, -0.15) is 0 Å². The van der Waals surface area contributed by atoms with Gasteiger partial charge in [-0.25, -0.2) is 9.48 Å². The molecule has 0 aliphatic heterocycles. The normalized spacial score (nSPS) is 12.6. The van der Waals surface area contributed by atoms with E-state index in [0.717, 1.165) is 0 Å². The van der Waals surface area contributed by atoms with Gasteiger partial charge in [-0.05, 0) is 32.9 Å². The predicted octanol–water partition coefficient (Wildman–Crippen LogP) is 0.312. The fourth-order valence-electron chi connectivity index (χ4n) is 0.809. The van der Waals surface area contributed by atoms with Crippen molar-refractivity contribution >= 4 is 6.16 Å². The molecule has 0 spiro atoms. The minimum absolute atomic E-state index is 0.104. The molecule has 90 valence electrons. The average molecular weight is 229 g/mol.